The maximum absolute atomic E-state index is 11.4. The van der Waals surface area contributed by atoms with Crippen LogP contribution in [0.15, 0.2) is 48.5 Å². The van der Waals surface area contributed by atoms with E-state index in [2.05, 4.69) is 0 Å². The van der Waals surface area contributed by atoms with Gasteiger partial charge < -0.3 is 15.3 Å². The molecular weight excluding hydrogens is 316 g/mol. The smallest absolute Gasteiger partial charge is 0.306 e. The summed E-state index contributed by atoms with van der Waals surface area (Å²) in [6.45, 7) is 0. The van der Waals surface area contributed by atoms with Gasteiger partial charge in [0.2, 0.25) is 0 Å². The van der Waals surface area contributed by atoms with E-state index in [4.69, 9.17) is 0 Å². The Kier molecular flexibility index (Phi) is 7.33. The van der Waals surface area contributed by atoms with Crippen LogP contribution in [0.4, 0.5) is 0 Å². The zero-order valence-electron chi connectivity index (χ0n) is 14.4. The summed E-state index contributed by atoms with van der Waals surface area (Å²) < 4.78 is 0. The molecule has 25 heavy (non-hydrogen) atoms. The van der Waals surface area contributed by atoms with Gasteiger partial charge in [-0.1, -0.05) is 43.5 Å². The Balaban J connectivity index is 1.66. The molecule has 2 aromatic rings. The molecular formula is C21H26O4. The molecule has 0 aromatic heterocycles. The lowest BCUT2D eigenvalue weighted by Gasteiger charge is -2.12. The van der Waals surface area contributed by atoms with E-state index in [1.54, 1.807) is 36.4 Å². The molecule has 0 aliphatic rings. The largest absolute Gasteiger partial charge is 0.508 e. The van der Waals surface area contributed by atoms with Crippen LogP contribution in [0.5, 0.6) is 11.5 Å². The highest BCUT2D eigenvalue weighted by Gasteiger charge is 2.17. The van der Waals surface area contributed by atoms with Gasteiger partial charge in [0, 0.05) is 0 Å². The molecule has 0 radical (unpaired) electrons. The van der Waals surface area contributed by atoms with Gasteiger partial charge in [-0.15, -0.1) is 0 Å². The predicted octanol–water partition coefficient (Wildman–Crippen LogP) is 4.53. The molecule has 2 aromatic carbocycles. The summed E-state index contributed by atoms with van der Waals surface area (Å²) in [5, 5.41) is 27.9. The fourth-order valence-corrected chi connectivity index (χ4v) is 2.97. The molecule has 0 aliphatic carbocycles. The summed E-state index contributed by atoms with van der Waals surface area (Å²) in [4.78, 5) is 11.4. The number of rotatable bonds is 10. The van der Waals surface area contributed by atoms with Gasteiger partial charge in [-0.3, -0.25) is 4.79 Å². The first kappa shape index (κ1) is 18.8. The lowest BCUT2D eigenvalue weighted by Crippen LogP contribution is -2.16. The van der Waals surface area contributed by atoms with Crippen molar-refractivity contribution in [3.63, 3.8) is 0 Å². The zero-order chi connectivity index (χ0) is 18.1. The molecule has 0 aliphatic heterocycles. The van der Waals surface area contributed by atoms with E-state index in [9.17, 15) is 20.1 Å². The van der Waals surface area contributed by atoms with Crippen molar-refractivity contribution in [3.8, 4) is 11.5 Å². The lowest BCUT2D eigenvalue weighted by atomic mass is 9.93. The third kappa shape index (κ3) is 6.87. The first-order valence-electron chi connectivity index (χ1n) is 8.83. The number of aromatic hydroxyl groups is 2. The van der Waals surface area contributed by atoms with Crippen molar-refractivity contribution in [1.29, 1.82) is 0 Å². The molecule has 134 valence electrons. The highest BCUT2D eigenvalue weighted by Crippen LogP contribution is 2.19. The van der Waals surface area contributed by atoms with Gasteiger partial charge in [-0.2, -0.15) is 0 Å². The number of hydrogen-bond donors (Lipinski definition) is 3. The average Bonchev–Trinajstić information content (AvgIpc) is 2.60. The molecule has 1 atom stereocenters. The SMILES string of the molecule is O=C(O)C(CCCCCCc1ccc(O)cc1)Cc1ccc(O)cc1. The molecule has 0 amide bonds. The number of aliphatic carboxylic acids is 1. The van der Waals surface area contributed by atoms with E-state index in [1.165, 1.54) is 5.56 Å². The second kappa shape index (κ2) is 9.72. The first-order valence-corrected chi connectivity index (χ1v) is 8.83. The lowest BCUT2D eigenvalue weighted by molar-refractivity contribution is -0.142. The molecule has 0 saturated heterocycles. The number of carboxylic acids is 1. The van der Waals surface area contributed by atoms with Crippen LogP contribution in [0.1, 0.15) is 43.2 Å². The summed E-state index contributed by atoms with van der Waals surface area (Å²) >= 11 is 0. The Morgan fingerprint density at radius 1 is 0.760 bits per heavy atom. The van der Waals surface area contributed by atoms with Gasteiger partial charge >= 0.3 is 5.97 Å². The van der Waals surface area contributed by atoms with Crippen molar-refractivity contribution in [3.05, 3.63) is 59.7 Å². The number of benzene rings is 2. The number of unbranched alkanes of at least 4 members (excludes halogenated alkanes) is 3. The van der Waals surface area contributed by atoms with Crippen molar-refractivity contribution in [2.45, 2.75) is 44.9 Å². The molecule has 3 N–H and O–H groups in total. The standard InChI is InChI=1S/C21H26O4/c22-19-11-7-16(8-12-19)5-3-1-2-4-6-18(21(24)25)15-17-9-13-20(23)14-10-17/h7-14,18,22-23H,1-6,15H2,(H,24,25). The normalized spacial score (nSPS) is 12.0. The van der Waals surface area contributed by atoms with Crippen molar-refractivity contribution in [1.82, 2.24) is 0 Å². The Bertz CT molecular complexity index is 647. The van der Waals surface area contributed by atoms with Crippen LogP contribution in [-0.4, -0.2) is 21.3 Å². The van der Waals surface area contributed by atoms with E-state index in [0.717, 1.165) is 37.7 Å². The van der Waals surface area contributed by atoms with Crippen LogP contribution >= 0.6 is 0 Å². The monoisotopic (exact) mass is 342 g/mol. The summed E-state index contributed by atoms with van der Waals surface area (Å²) in [6.07, 6.45) is 6.24. The average molecular weight is 342 g/mol. The Morgan fingerprint density at radius 2 is 1.28 bits per heavy atom. The van der Waals surface area contributed by atoms with Crippen LogP contribution < -0.4 is 0 Å². The number of phenolic OH excluding ortho intramolecular Hbond substituents is 2. The van der Waals surface area contributed by atoms with Gasteiger partial charge in [0.15, 0.2) is 0 Å². The molecule has 0 bridgehead atoms. The summed E-state index contributed by atoms with van der Waals surface area (Å²) in [7, 11) is 0. The van der Waals surface area contributed by atoms with Crippen LogP contribution in [0.3, 0.4) is 0 Å². The highest BCUT2D eigenvalue weighted by atomic mass is 16.4. The van der Waals surface area contributed by atoms with E-state index in [1.807, 2.05) is 12.1 Å². The van der Waals surface area contributed by atoms with E-state index < -0.39 is 5.97 Å². The molecule has 2 rings (SSSR count). The fourth-order valence-electron chi connectivity index (χ4n) is 2.97. The second-order valence-electron chi connectivity index (χ2n) is 6.53. The molecule has 4 heteroatoms. The summed E-state index contributed by atoms with van der Waals surface area (Å²) in [6, 6.07) is 14.0. The fraction of sp³-hybridized carbons (Fsp3) is 0.381. The van der Waals surface area contributed by atoms with E-state index in [-0.39, 0.29) is 17.4 Å². The number of carbonyl (C=O) groups is 1. The minimum absolute atomic E-state index is 0.198. The maximum Gasteiger partial charge on any atom is 0.306 e. The summed E-state index contributed by atoms with van der Waals surface area (Å²) in [5.41, 5.74) is 2.16. The van der Waals surface area contributed by atoms with E-state index >= 15 is 0 Å². The van der Waals surface area contributed by atoms with Crippen molar-refractivity contribution in [2.75, 3.05) is 0 Å². The maximum atomic E-state index is 11.4. The minimum Gasteiger partial charge on any atom is -0.508 e. The number of aryl methyl sites for hydroxylation is 1. The number of hydrogen-bond acceptors (Lipinski definition) is 3. The second-order valence-corrected chi connectivity index (χ2v) is 6.53. The van der Waals surface area contributed by atoms with Crippen LogP contribution in [0.25, 0.3) is 0 Å². The van der Waals surface area contributed by atoms with E-state index in [0.29, 0.717) is 12.8 Å². The predicted molar refractivity (Wildman–Crippen MR) is 97.8 cm³/mol. The van der Waals surface area contributed by atoms with Gasteiger partial charge in [0.25, 0.3) is 0 Å². The van der Waals surface area contributed by atoms with Crippen molar-refractivity contribution < 1.29 is 20.1 Å². The van der Waals surface area contributed by atoms with Gasteiger partial charge in [0.1, 0.15) is 11.5 Å². The topological polar surface area (TPSA) is 77.8 Å². The Morgan fingerprint density at radius 3 is 1.84 bits per heavy atom. The molecule has 1 unspecified atom stereocenters. The third-order valence-corrected chi connectivity index (χ3v) is 4.47. The van der Waals surface area contributed by atoms with Crippen LogP contribution in [0, 0.1) is 5.92 Å². The summed E-state index contributed by atoms with van der Waals surface area (Å²) in [5.74, 6) is -0.639. The zero-order valence-corrected chi connectivity index (χ0v) is 14.4. The van der Waals surface area contributed by atoms with Crippen molar-refractivity contribution in [2.24, 2.45) is 5.92 Å². The quantitative estimate of drug-likeness (QED) is 0.554. The number of phenols is 2. The molecule has 0 fully saturated rings. The van der Waals surface area contributed by atoms with Gasteiger partial charge in [-0.05, 0) is 61.1 Å². The van der Waals surface area contributed by atoms with Gasteiger partial charge in [0.05, 0.1) is 5.92 Å². The Labute approximate surface area is 148 Å². The Hall–Kier alpha value is -2.49. The molecule has 0 spiro atoms. The van der Waals surface area contributed by atoms with Crippen LogP contribution in [-0.2, 0) is 17.6 Å². The molecule has 4 nitrogen and oxygen atoms in total. The highest BCUT2D eigenvalue weighted by molar-refractivity contribution is 5.70. The van der Waals surface area contributed by atoms with Crippen LogP contribution in [0.2, 0.25) is 0 Å². The molecule has 0 heterocycles. The number of carboxylic acid groups (broad SMARTS) is 1. The third-order valence-electron chi connectivity index (χ3n) is 4.47. The first-order chi connectivity index (χ1) is 12.0. The van der Waals surface area contributed by atoms with Crippen molar-refractivity contribution >= 4 is 5.97 Å². The van der Waals surface area contributed by atoms with Gasteiger partial charge in [-0.25, -0.2) is 0 Å². The minimum atomic E-state index is -0.753. The molecule has 0 saturated carbocycles.